The first kappa shape index (κ1) is 23.6. The van der Waals surface area contributed by atoms with Crippen LogP contribution in [-0.4, -0.2) is 52.2 Å². The standard InChI is InChI=1S/C21H19N3O8S/c1-3-32-16-10-14(24(29)30)8-12(19(16)26)9-17-20(27)23(21(28)33-17)11-18(25)22-13-4-6-15(31-2)7-5-13/h4-10,26H,3,11H2,1-2H3,(H,22,25)/b17-9+. The molecule has 1 heterocycles. The maximum absolute atomic E-state index is 12.7. The predicted molar refractivity (Wildman–Crippen MR) is 120 cm³/mol. The molecule has 3 amide bonds. The number of hydrogen-bond acceptors (Lipinski definition) is 9. The summed E-state index contributed by atoms with van der Waals surface area (Å²) in [5.41, 5.74) is 0.0229. The molecule has 1 fully saturated rings. The molecule has 33 heavy (non-hydrogen) atoms. The van der Waals surface area contributed by atoms with E-state index < -0.39 is 34.3 Å². The van der Waals surface area contributed by atoms with Gasteiger partial charge in [-0.3, -0.25) is 29.4 Å². The molecule has 0 spiro atoms. The Morgan fingerprint density at radius 2 is 1.97 bits per heavy atom. The van der Waals surface area contributed by atoms with Crippen molar-refractivity contribution in [3.05, 3.63) is 57.0 Å². The largest absolute Gasteiger partial charge is 0.504 e. The van der Waals surface area contributed by atoms with E-state index in [0.29, 0.717) is 23.2 Å². The number of benzene rings is 2. The summed E-state index contributed by atoms with van der Waals surface area (Å²) in [6.07, 6.45) is 1.15. The number of ether oxygens (including phenoxy) is 2. The molecule has 11 nitrogen and oxygen atoms in total. The van der Waals surface area contributed by atoms with Crippen molar-refractivity contribution >= 4 is 46.3 Å². The van der Waals surface area contributed by atoms with Crippen molar-refractivity contribution in [1.29, 1.82) is 0 Å². The van der Waals surface area contributed by atoms with E-state index in [1.54, 1.807) is 31.2 Å². The Bertz CT molecular complexity index is 1150. The fraction of sp³-hybridized carbons (Fsp3) is 0.190. The number of nitrogens with zero attached hydrogens (tertiary/aromatic N) is 2. The molecule has 0 aromatic heterocycles. The summed E-state index contributed by atoms with van der Waals surface area (Å²) >= 11 is 0.552. The van der Waals surface area contributed by atoms with E-state index in [1.165, 1.54) is 7.11 Å². The lowest BCUT2D eigenvalue weighted by Gasteiger charge is -2.12. The number of carbonyl (C=O) groups is 3. The second-order valence-electron chi connectivity index (χ2n) is 6.62. The Morgan fingerprint density at radius 1 is 1.27 bits per heavy atom. The number of thioether (sulfide) groups is 1. The van der Waals surface area contributed by atoms with Crippen LogP contribution < -0.4 is 14.8 Å². The summed E-state index contributed by atoms with van der Waals surface area (Å²) < 4.78 is 10.2. The zero-order chi connectivity index (χ0) is 24.1. The molecule has 3 rings (SSSR count). The lowest BCUT2D eigenvalue weighted by molar-refractivity contribution is -0.385. The predicted octanol–water partition coefficient (Wildman–Crippen LogP) is 3.38. The number of nitrogens with one attached hydrogen (secondary N) is 1. The first-order valence-corrected chi connectivity index (χ1v) is 10.4. The molecule has 2 aromatic rings. The second kappa shape index (κ2) is 10.0. The third-order valence-corrected chi connectivity index (χ3v) is 5.34. The molecule has 12 heteroatoms. The van der Waals surface area contributed by atoms with Crippen molar-refractivity contribution in [3.63, 3.8) is 0 Å². The summed E-state index contributed by atoms with van der Waals surface area (Å²) in [5.74, 6) is -1.30. The van der Waals surface area contributed by atoms with E-state index in [0.717, 1.165) is 23.1 Å². The van der Waals surface area contributed by atoms with E-state index in [2.05, 4.69) is 5.32 Å². The number of carbonyl (C=O) groups excluding carboxylic acids is 3. The van der Waals surface area contributed by atoms with Gasteiger partial charge in [-0.2, -0.15) is 0 Å². The van der Waals surface area contributed by atoms with Gasteiger partial charge in [0.15, 0.2) is 11.5 Å². The van der Waals surface area contributed by atoms with Gasteiger partial charge in [-0.05, 0) is 49.0 Å². The number of nitro benzene ring substituents is 1. The number of anilines is 1. The van der Waals surface area contributed by atoms with Gasteiger partial charge in [0, 0.05) is 17.3 Å². The quantitative estimate of drug-likeness (QED) is 0.334. The van der Waals surface area contributed by atoms with Crippen LogP contribution in [0.5, 0.6) is 17.2 Å². The summed E-state index contributed by atoms with van der Waals surface area (Å²) in [6, 6.07) is 8.60. The molecule has 172 valence electrons. The van der Waals surface area contributed by atoms with Crippen molar-refractivity contribution in [2.75, 3.05) is 25.6 Å². The number of phenols is 1. The minimum Gasteiger partial charge on any atom is -0.504 e. The van der Waals surface area contributed by atoms with Gasteiger partial charge in [0.1, 0.15) is 12.3 Å². The van der Waals surface area contributed by atoms with Crippen molar-refractivity contribution in [2.24, 2.45) is 0 Å². The topological polar surface area (TPSA) is 148 Å². The van der Waals surface area contributed by atoms with Crippen LogP contribution in [0.1, 0.15) is 12.5 Å². The van der Waals surface area contributed by atoms with Crippen LogP contribution >= 0.6 is 11.8 Å². The second-order valence-corrected chi connectivity index (χ2v) is 7.61. The van der Waals surface area contributed by atoms with Crippen LogP contribution in [0.3, 0.4) is 0 Å². The normalized spacial score (nSPS) is 14.5. The van der Waals surface area contributed by atoms with E-state index in [4.69, 9.17) is 9.47 Å². The molecule has 1 aliphatic rings. The maximum atomic E-state index is 12.7. The molecule has 2 aromatic carbocycles. The van der Waals surface area contributed by atoms with Gasteiger partial charge in [-0.15, -0.1) is 0 Å². The van der Waals surface area contributed by atoms with Crippen molar-refractivity contribution < 1.29 is 33.9 Å². The van der Waals surface area contributed by atoms with Crippen molar-refractivity contribution in [2.45, 2.75) is 6.92 Å². The minimum atomic E-state index is -0.765. The SMILES string of the molecule is CCOc1cc([N+](=O)[O-])cc(/C=C2/SC(=O)N(CC(=O)Nc3ccc(OC)cc3)C2=O)c1O. The highest BCUT2D eigenvalue weighted by Crippen LogP contribution is 2.39. The number of non-ortho nitro benzene ring substituents is 1. The monoisotopic (exact) mass is 473 g/mol. The maximum Gasteiger partial charge on any atom is 0.294 e. The third kappa shape index (κ3) is 5.41. The van der Waals surface area contributed by atoms with Crippen molar-refractivity contribution in [3.8, 4) is 17.2 Å². The molecule has 0 atom stereocenters. The lowest BCUT2D eigenvalue weighted by Crippen LogP contribution is -2.36. The van der Waals surface area contributed by atoms with E-state index in [1.807, 2.05) is 0 Å². The molecular formula is C21H19N3O8S. The Labute approximate surface area is 192 Å². The number of aromatic hydroxyl groups is 1. The van der Waals surface area contributed by atoms with Crippen LogP contribution in [0.4, 0.5) is 16.2 Å². The molecule has 0 bridgehead atoms. The molecule has 1 aliphatic heterocycles. The molecule has 0 radical (unpaired) electrons. The summed E-state index contributed by atoms with van der Waals surface area (Å²) in [6.45, 7) is 1.26. The summed E-state index contributed by atoms with van der Waals surface area (Å²) in [5, 5.41) is 23.4. The van der Waals surface area contributed by atoms with Gasteiger partial charge < -0.3 is 19.9 Å². The Hall–Kier alpha value is -4.06. The number of imide groups is 1. The zero-order valence-corrected chi connectivity index (χ0v) is 18.4. The van der Waals surface area contributed by atoms with Gasteiger partial charge in [0.05, 0.1) is 29.6 Å². The van der Waals surface area contributed by atoms with Gasteiger partial charge in [0.25, 0.3) is 16.8 Å². The van der Waals surface area contributed by atoms with Gasteiger partial charge in [0.2, 0.25) is 5.91 Å². The van der Waals surface area contributed by atoms with Gasteiger partial charge in [-0.25, -0.2) is 0 Å². The van der Waals surface area contributed by atoms with Crippen LogP contribution in [-0.2, 0) is 9.59 Å². The highest BCUT2D eigenvalue weighted by atomic mass is 32.2. The van der Waals surface area contributed by atoms with Crippen LogP contribution in [0, 0.1) is 10.1 Å². The third-order valence-electron chi connectivity index (χ3n) is 4.44. The molecule has 0 aliphatic carbocycles. The van der Waals surface area contributed by atoms with Crippen LogP contribution in [0.25, 0.3) is 6.08 Å². The average Bonchev–Trinajstić information content (AvgIpc) is 3.04. The fourth-order valence-electron chi connectivity index (χ4n) is 2.89. The first-order chi connectivity index (χ1) is 15.7. The molecular weight excluding hydrogens is 454 g/mol. The lowest BCUT2D eigenvalue weighted by atomic mass is 10.1. The molecule has 0 saturated carbocycles. The number of methoxy groups -OCH3 is 1. The van der Waals surface area contributed by atoms with Gasteiger partial charge in [-0.1, -0.05) is 0 Å². The van der Waals surface area contributed by atoms with E-state index in [-0.39, 0.29) is 28.5 Å². The first-order valence-electron chi connectivity index (χ1n) is 9.57. The molecule has 0 unspecified atom stereocenters. The number of amides is 3. The molecule has 2 N–H and O–H groups in total. The van der Waals surface area contributed by atoms with Gasteiger partial charge >= 0.3 is 0 Å². The Balaban J connectivity index is 1.79. The smallest absolute Gasteiger partial charge is 0.294 e. The van der Waals surface area contributed by atoms with Crippen LogP contribution in [0.15, 0.2) is 41.3 Å². The molecule has 1 saturated heterocycles. The Morgan fingerprint density at radius 3 is 2.58 bits per heavy atom. The number of phenolic OH excluding ortho intramolecular Hbond substituents is 1. The van der Waals surface area contributed by atoms with Crippen molar-refractivity contribution in [1.82, 2.24) is 4.90 Å². The number of rotatable bonds is 8. The summed E-state index contributed by atoms with van der Waals surface area (Å²) in [4.78, 5) is 48.5. The zero-order valence-electron chi connectivity index (χ0n) is 17.6. The van der Waals surface area contributed by atoms with E-state index >= 15 is 0 Å². The highest BCUT2D eigenvalue weighted by molar-refractivity contribution is 8.18. The minimum absolute atomic E-state index is 0.0687. The van der Waals surface area contributed by atoms with E-state index in [9.17, 15) is 29.6 Å². The average molecular weight is 473 g/mol. The number of hydrogen-bond donors (Lipinski definition) is 2. The Kier molecular flexibility index (Phi) is 7.18. The fourth-order valence-corrected chi connectivity index (χ4v) is 3.72. The summed E-state index contributed by atoms with van der Waals surface area (Å²) in [7, 11) is 1.51. The highest BCUT2D eigenvalue weighted by Gasteiger charge is 2.36. The van der Waals surface area contributed by atoms with Crippen LogP contribution in [0.2, 0.25) is 0 Å². The number of nitro groups is 1.